The number of nitrogens with zero attached hydrogens (tertiary/aromatic N) is 1. The predicted octanol–water partition coefficient (Wildman–Crippen LogP) is 2.06. The second-order valence-electron chi connectivity index (χ2n) is 4.49. The molecule has 0 aliphatic heterocycles. The highest BCUT2D eigenvalue weighted by Gasteiger charge is 2.06. The minimum absolute atomic E-state index is 0.0984. The summed E-state index contributed by atoms with van der Waals surface area (Å²) in [5, 5.41) is 6.08. The van der Waals surface area contributed by atoms with Crippen molar-refractivity contribution in [2.75, 3.05) is 25.6 Å². The number of pyridine rings is 1. The molecule has 0 bridgehead atoms. The summed E-state index contributed by atoms with van der Waals surface area (Å²) in [4.78, 5) is 16.0. The summed E-state index contributed by atoms with van der Waals surface area (Å²) in [5.74, 6) is 0.698. The van der Waals surface area contributed by atoms with Gasteiger partial charge < -0.3 is 15.4 Å². The van der Waals surface area contributed by atoms with Crippen LogP contribution in [0.3, 0.4) is 0 Å². The predicted molar refractivity (Wildman–Crippen MR) is 76.4 cm³/mol. The third-order valence-corrected chi connectivity index (χ3v) is 2.84. The Hall–Kier alpha value is -1.62. The van der Waals surface area contributed by atoms with Crippen molar-refractivity contribution in [2.24, 2.45) is 0 Å². The highest BCUT2D eigenvalue weighted by Crippen LogP contribution is 2.07. The van der Waals surface area contributed by atoms with Crippen molar-refractivity contribution in [3.05, 3.63) is 23.9 Å². The van der Waals surface area contributed by atoms with E-state index in [0.717, 1.165) is 18.7 Å². The van der Waals surface area contributed by atoms with Crippen LogP contribution < -0.4 is 10.6 Å². The average Bonchev–Trinajstić information content (AvgIpc) is 2.44. The first kappa shape index (κ1) is 15.4. The van der Waals surface area contributed by atoms with E-state index in [0.29, 0.717) is 24.8 Å². The number of ether oxygens (including phenoxy) is 1. The zero-order valence-electron chi connectivity index (χ0n) is 11.9. The Morgan fingerprint density at radius 2 is 2.26 bits per heavy atom. The molecule has 1 rings (SSSR count). The van der Waals surface area contributed by atoms with Crippen LogP contribution in [-0.2, 0) is 4.74 Å². The molecule has 1 atom stereocenters. The number of anilines is 1. The highest BCUT2D eigenvalue weighted by atomic mass is 16.5. The van der Waals surface area contributed by atoms with E-state index < -0.39 is 0 Å². The Bertz CT molecular complexity index is 379. The maximum atomic E-state index is 11.8. The van der Waals surface area contributed by atoms with Gasteiger partial charge in [0.15, 0.2) is 0 Å². The molecule has 0 radical (unpaired) electrons. The number of carbonyl (C=O) groups excluding carboxylic acids is 1. The van der Waals surface area contributed by atoms with Gasteiger partial charge in [0.05, 0.1) is 5.56 Å². The van der Waals surface area contributed by atoms with Crippen molar-refractivity contribution >= 4 is 11.7 Å². The molecule has 5 heteroatoms. The monoisotopic (exact) mass is 265 g/mol. The summed E-state index contributed by atoms with van der Waals surface area (Å²) in [6.45, 7) is 5.47. The second kappa shape index (κ2) is 8.48. The summed E-state index contributed by atoms with van der Waals surface area (Å²) < 4.78 is 4.92. The number of nitrogens with one attached hydrogen (secondary N) is 2. The summed E-state index contributed by atoms with van der Waals surface area (Å²) in [6.07, 6.45) is 3.43. The van der Waals surface area contributed by atoms with Gasteiger partial charge >= 0.3 is 0 Å². The van der Waals surface area contributed by atoms with Crippen LogP contribution >= 0.6 is 0 Å². The lowest BCUT2D eigenvalue weighted by Crippen LogP contribution is -2.25. The lowest BCUT2D eigenvalue weighted by Gasteiger charge is -2.12. The van der Waals surface area contributed by atoms with Gasteiger partial charge in [-0.05, 0) is 31.9 Å². The topological polar surface area (TPSA) is 63.2 Å². The van der Waals surface area contributed by atoms with Crippen LogP contribution in [0, 0.1) is 0 Å². The van der Waals surface area contributed by atoms with E-state index in [9.17, 15) is 4.79 Å². The van der Waals surface area contributed by atoms with Crippen molar-refractivity contribution < 1.29 is 9.53 Å². The number of methoxy groups -OCH3 is 1. The SMILES string of the molecule is CCC(C)Nc1ccc(C(=O)NCCCOC)cn1. The van der Waals surface area contributed by atoms with Crippen molar-refractivity contribution in [1.29, 1.82) is 0 Å². The number of aromatic nitrogens is 1. The maximum absolute atomic E-state index is 11.8. The molecule has 0 aliphatic rings. The summed E-state index contributed by atoms with van der Waals surface area (Å²) in [5.41, 5.74) is 0.576. The third-order valence-electron chi connectivity index (χ3n) is 2.84. The highest BCUT2D eigenvalue weighted by molar-refractivity contribution is 5.94. The van der Waals surface area contributed by atoms with Crippen LogP contribution in [0.4, 0.5) is 5.82 Å². The molecule has 0 saturated carbocycles. The molecule has 1 aromatic rings. The molecule has 5 nitrogen and oxygen atoms in total. The van der Waals surface area contributed by atoms with Gasteiger partial charge in [-0.1, -0.05) is 6.92 Å². The van der Waals surface area contributed by atoms with Gasteiger partial charge in [0, 0.05) is 32.5 Å². The van der Waals surface area contributed by atoms with E-state index in [1.807, 2.05) is 6.07 Å². The van der Waals surface area contributed by atoms with E-state index in [2.05, 4.69) is 29.5 Å². The summed E-state index contributed by atoms with van der Waals surface area (Å²) in [6, 6.07) is 3.99. The molecule has 1 heterocycles. The van der Waals surface area contributed by atoms with Crippen molar-refractivity contribution in [1.82, 2.24) is 10.3 Å². The van der Waals surface area contributed by atoms with E-state index in [1.165, 1.54) is 0 Å². The van der Waals surface area contributed by atoms with E-state index in [1.54, 1.807) is 19.4 Å². The fourth-order valence-electron chi connectivity index (χ4n) is 1.49. The summed E-state index contributed by atoms with van der Waals surface area (Å²) in [7, 11) is 1.65. The molecule has 1 aromatic heterocycles. The lowest BCUT2D eigenvalue weighted by atomic mass is 10.2. The zero-order chi connectivity index (χ0) is 14.1. The normalized spacial score (nSPS) is 11.9. The third kappa shape index (κ3) is 5.70. The molecule has 106 valence electrons. The Labute approximate surface area is 114 Å². The molecule has 0 saturated heterocycles. The van der Waals surface area contributed by atoms with Crippen LogP contribution in [0.15, 0.2) is 18.3 Å². The van der Waals surface area contributed by atoms with E-state index in [4.69, 9.17) is 4.74 Å². The fourth-order valence-corrected chi connectivity index (χ4v) is 1.49. The number of rotatable bonds is 8. The van der Waals surface area contributed by atoms with Gasteiger partial charge in [0.2, 0.25) is 0 Å². The molecule has 1 amide bonds. The molecule has 2 N–H and O–H groups in total. The minimum Gasteiger partial charge on any atom is -0.385 e. The average molecular weight is 265 g/mol. The van der Waals surface area contributed by atoms with Crippen LogP contribution in [0.2, 0.25) is 0 Å². The standard InChI is InChI=1S/C14H23N3O2/c1-4-11(2)17-13-7-6-12(10-16-13)14(18)15-8-5-9-19-3/h6-7,10-11H,4-5,8-9H2,1-3H3,(H,15,18)(H,16,17). The largest absolute Gasteiger partial charge is 0.385 e. The molecule has 0 aromatic carbocycles. The van der Waals surface area contributed by atoms with Crippen LogP contribution in [0.25, 0.3) is 0 Å². The van der Waals surface area contributed by atoms with Gasteiger partial charge in [-0.3, -0.25) is 4.79 Å². The number of hydrogen-bond acceptors (Lipinski definition) is 4. The Morgan fingerprint density at radius 3 is 2.84 bits per heavy atom. The number of hydrogen-bond donors (Lipinski definition) is 2. The molecular weight excluding hydrogens is 242 g/mol. The molecule has 0 aliphatic carbocycles. The van der Waals surface area contributed by atoms with Gasteiger partial charge in [-0.15, -0.1) is 0 Å². The first-order valence-electron chi connectivity index (χ1n) is 6.67. The number of amides is 1. The van der Waals surface area contributed by atoms with Gasteiger partial charge in [-0.25, -0.2) is 4.98 Å². The fraction of sp³-hybridized carbons (Fsp3) is 0.571. The first-order chi connectivity index (χ1) is 9.17. The second-order valence-corrected chi connectivity index (χ2v) is 4.49. The molecule has 0 fully saturated rings. The lowest BCUT2D eigenvalue weighted by molar-refractivity contribution is 0.0948. The maximum Gasteiger partial charge on any atom is 0.252 e. The van der Waals surface area contributed by atoms with Crippen LogP contribution in [0.5, 0.6) is 0 Å². The Kier molecular flexibility index (Phi) is 6.89. The Balaban J connectivity index is 2.44. The van der Waals surface area contributed by atoms with Crippen LogP contribution in [0.1, 0.15) is 37.0 Å². The van der Waals surface area contributed by atoms with Crippen molar-refractivity contribution in [3.63, 3.8) is 0 Å². The van der Waals surface area contributed by atoms with Crippen molar-refractivity contribution in [2.45, 2.75) is 32.7 Å². The quantitative estimate of drug-likeness (QED) is 0.706. The van der Waals surface area contributed by atoms with Gasteiger partial charge in [0.25, 0.3) is 5.91 Å². The van der Waals surface area contributed by atoms with Crippen molar-refractivity contribution in [3.8, 4) is 0 Å². The molecule has 1 unspecified atom stereocenters. The molecular formula is C14H23N3O2. The summed E-state index contributed by atoms with van der Waals surface area (Å²) >= 11 is 0. The van der Waals surface area contributed by atoms with E-state index in [-0.39, 0.29) is 5.91 Å². The Morgan fingerprint density at radius 1 is 1.47 bits per heavy atom. The minimum atomic E-state index is -0.0984. The number of carbonyl (C=O) groups is 1. The zero-order valence-corrected chi connectivity index (χ0v) is 11.9. The van der Waals surface area contributed by atoms with Gasteiger partial charge in [-0.2, -0.15) is 0 Å². The smallest absolute Gasteiger partial charge is 0.252 e. The van der Waals surface area contributed by atoms with E-state index >= 15 is 0 Å². The van der Waals surface area contributed by atoms with Crippen LogP contribution in [-0.4, -0.2) is 37.2 Å². The van der Waals surface area contributed by atoms with Gasteiger partial charge in [0.1, 0.15) is 5.82 Å². The molecule has 19 heavy (non-hydrogen) atoms. The first-order valence-corrected chi connectivity index (χ1v) is 6.67. The molecule has 0 spiro atoms.